The Morgan fingerprint density at radius 2 is 1.04 bits per heavy atom. The number of rotatable bonds is 4. The van der Waals surface area contributed by atoms with Gasteiger partial charge in [0.15, 0.2) is 0 Å². The van der Waals surface area contributed by atoms with E-state index in [1.165, 1.54) is 23.5 Å². The number of thiophene rings is 1. The molecule has 114 valence electrons. The van der Waals surface area contributed by atoms with Gasteiger partial charge in [-0.05, 0) is 24.3 Å². The van der Waals surface area contributed by atoms with Crippen LogP contribution in [0.15, 0.2) is 60.7 Å². The largest absolute Gasteiger partial charge is 0.278 e. The Morgan fingerprint density at radius 1 is 0.652 bits per heavy atom. The maximum atomic E-state index is 11.1. The van der Waals surface area contributed by atoms with Crippen molar-refractivity contribution in [2.75, 3.05) is 0 Å². The van der Waals surface area contributed by atoms with Gasteiger partial charge in [0.2, 0.25) is 0 Å². The zero-order valence-corrected chi connectivity index (χ0v) is 12.5. The lowest BCUT2D eigenvalue weighted by Gasteiger charge is -2.00. The number of nitro benzene ring substituents is 2. The second-order valence-corrected chi connectivity index (χ2v) is 5.80. The molecular formula is C16H10N2O4S. The Kier molecular flexibility index (Phi) is 3.86. The minimum absolute atomic E-state index is 0.0171. The number of benzene rings is 2. The smallest absolute Gasteiger partial charge is 0.258 e. The molecule has 0 spiro atoms. The molecule has 0 unspecified atom stereocenters. The van der Waals surface area contributed by atoms with Gasteiger partial charge in [0.05, 0.1) is 21.0 Å². The van der Waals surface area contributed by atoms with Crippen molar-refractivity contribution in [2.24, 2.45) is 0 Å². The molecule has 3 rings (SSSR count). The van der Waals surface area contributed by atoms with Crippen molar-refractivity contribution in [1.82, 2.24) is 0 Å². The van der Waals surface area contributed by atoms with Crippen molar-refractivity contribution < 1.29 is 9.85 Å². The monoisotopic (exact) mass is 326 g/mol. The fraction of sp³-hybridized carbons (Fsp3) is 0. The lowest BCUT2D eigenvalue weighted by molar-refractivity contribution is -0.384. The normalized spacial score (nSPS) is 10.4. The highest BCUT2D eigenvalue weighted by molar-refractivity contribution is 7.18. The van der Waals surface area contributed by atoms with Gasteiger partial charge >= 0.3 is 0 Å². The molecule has 0 radical (unpaired) electrons. The molecular weight excluding hydrogens is 316 g/mol. The van der Waals surface area contributed by atoms with Gasteiger partial charge in [-0.2, -0.15) is 0 Å². The molecule has 0 saturated carbocycles. The number of para-hydroxylation sites is 2. The summed E-state index contributed by atoms with van der Waals surface area (Å²) in [5, 5.41) is 22.3. The van der Waals surface area contributed by atoms with E-state index in [1.54, 1.807) is 48.5 Å². The van der Waals surface area contributed by atoms with Gasteiger partial charge < -0.3 is 0 Å². The van der Waals surface area contributed by atoms with Crippen LogP contribution < -0.4 is 0 Å². The van der Waals surface area contributed by atoms with E-state index in [9.17, 15) is 20.2 Å². The first-order valence-electron chi connectivity index (χ1n) is 6.65. The van der Waals surface area contributed by atoms with E-state index in [0.29, 0.717) is 20.9 Å². The first-order valence-corrected chi connectivity index (χ1v) is 7.47. The van der Waals surface area contributed by atoms with Crippen LogP contribution in [-0.2, 0) is 0 Å². The topological polar surface area (TPSA) is 86.3 Å². The predicted octanol–water partition coefficient (Wildman–Crippen LogP) is 4.90. The van der Waals surface area contributed by atoms with Crippen LogP contribution in [0.3, 0.4) is 0 Å². The van der Waals surface area contributed by atoms with Gasteiger partial charge in [0, 0.05) is 21.9 Å². The molecule has 0 aliphatic carbocycles. The van der Waals surface area contributed by atoms with Crippen molar-refractivity contribution in [3.8, 4) is 20.9 Å². The highest BCUT2D eigenvalue weighted by atomic mass is 32.1. The number of hydrogen-bond donors (Lipinski definition) is 0. The van der Waals surface area contributed by atoms with Crippen LogP contribution >= 0.6 is 11.3 Å². The summed E-state index contributed by atoms with van der Waals surface area (Å²) in [5.41, 5.74) is 1.05. The molecule has 2 aromatic carbocycles. The van der Waals surface area contributed by atoms with Crippen LogP contribution in [-0.4, -0.2) is 9.85 Å². The van der Waals surface area contributed by atoms with E-state index in [2.05, 4.69) is 0 Å². The lowest BCUT2D eigenvalue weighted by Crippen LogP contribution is -1.90. The van der Waals surface area contributed by atoms with Crippen LogP contribution in [0, 0.1) is 20.2 Å². The Balaban J connectivity index is 2.09. The second-order valence-electron chi connectivity index (χ2n) is 4.71. The molecule has 3 aromatic rings. The van der Waals surface area contributed by atoms with Crippen LogP contribution in [0.4, 0.5) is 11.4 Å². The van der Waals surface area contributed by atoms with E-state index in [0.717, 1.165) is 0 Å². The number of nitro groups is 2. The average Bonchev–Trinajstić information content (AvgIpc) is 3.04. The van der Waals surface area contributed by atoms with Gasteiger partial charge in [-0.1, -0.05) is 24.3 Å². The maximum Gasteiger partial charge on any atom is 0.278 e. The fourth-order valence-electron chi connectivity index (χ4n) is 2.31. The summed E-state index contributed by atoms with van der Waals surface area (Å²) in [7, 11) is 0. The van der Waals surface area contributed by atoms with Crippen molar-refractivity contribution >= 4 is 22.7 Å². The van der Waals surface area contributed by atoms with Crippen LogP contribution in [0.1, 0.15) is 0 Å². The van der Waals surface area contributed by atoms with Crippen molar-refractivity contribution in [1.29, 1.82) is 0 Å². The summed E-state index contributed by atoms with van der Waals surface area (Å²) < 4.78 is 0. The van der Waals surface area contributed by atoms with Crippen molar-refractivity contribution in [3.05, 3.63) is 80.9 Å². The minimum atomic E-state index is -0.431. The van der Waals surface area contributed by atoms with Crippen molar-refractivity contribution in [2.45, 2.75) is 0 Å². The van der Waals surface area contributed by atoms with E-state index < -0.39 is 9.85 Å². The second kappa shape index (κ2) is 5.98. The summed E-state index contributed by atoms with van der Waals surface area (Å²) in [4.78, 5) is 22.8. The Bertz CT molecular complexity index is 832. The minimum Gasteiger partial charge on any atom is -0.258 e. The molecule has 1 aromatic heterocycles. The van der Waals surface area contributed by atoms with E-state index >= 15 is 0 Å². The highest BCUT2D eigenvalue weighted by Gasteiger charge is 2.19. The van der Waals surface area contributed by atoms with Gasteiger partial charge in [0.1, 0.15) is 0 Å². The molecule has 0 N–H and O–H groups in total. The molecule has 0 bridgehead atoms. The van der Waals surface area contributed by atoms with E-state index in [1.807, 2.05) is 0 Å². The third-order valence-electron chi connectivity index (χ3n) is 3.34. The van der Waals surface area contributed by atoms with Crippen LogP contribution in [0.5, 0.6) is 0 Å². The standard InChI is InChI=1S/C16H10N2O4S/c19-17(20)13-7-3-1-5-11(13)15-9-10-16(23-15)12-6-2-4-8-14(12)18(21)22/h1-10H. The quantitative estimate of drug-likeness (QED) is 0.504. The SMILES string of the molecule is O=[N+]([O-])c1ccccc1-c1ccc(-c2ccccc2[N+](=O)[O-])s1. The highest BCUT2D eigenvalue weighted by Crippen LogP contribution is 2.40. The predicted molar refractivity (Wildman–Crippen MR) is 88.5 cm³/mol. The summed E-state index contributed by atoms with van der Waals surface area (Å²) in [6, 6.07) is 16.4. The zero-order chi connectivity index (χ0) is 16.4. The van der Waals surface area contributed by atoms with Crippen LogP contribution in [0.2, 0.25) is 0 Å². The molecule has 6 nitrogen and oxygen atoms in total. The van der Waals surface area contributed by atoms with Gasteiger partial charge in [-0.3, -0.25) is 20.2 Å². The Labute approximate surface area is 134 Å². The first-order chi connectivity index (χ1) is 11.1. The van der Waals surface area contributed by atoms with Gasteiger partial charge in [-0.25, -0.2) is 0 Å². The van der Waals surface area contributed by atoms with E-state index in [-0.39, 0.29) is 11.4 Å². The van der Waals surface area contributed by atoms with Crippen LogP contribution in [0.25, 0.3) is 20.9 Å². The Hall–Kier alpha value is -3.06. The maximum absolute atomic E-state index is 11.1. The van der Waals surface area contributed by atoms with Gasteiger partial charge in [-0.15, -0.1) is 11.3 Å². The molecule has 23 heavy (non-hydrogen) atoms. The molecule has 0 amide bonds. The molecule has 0 saturated heterocycles. The summed E-state index contributed by atoms with van der Waals surface area (Å²) >= 11 is 1.29. The average molecular weight is 326 g/mol. The van der Waals surface area contributed by atoms with Crippen molar-refractivity contribution in [3.63, 3.8) is 0 Å². The summed E-state index contributed by atoms with van der Waals surface area (Å²) in [6.07, 6.45) is 0. The van der Waals surface area contributed by atoms with Gasteiger partial charge in [0.25, 0.3) is 11.4 Å². The number of hydrogen-bond acceptors (Lipinski definition) is 5. The molecule has 0 aliphatic rings. The lowest BCUT2D eigenvalue weighted by atomic mass is 10.1. The summed E-state index contributed by atoms with van der Waals surface area (Å²) in [5.74, 6) is 0. The molecule has 0 fully saturated rings. The summed E-state index contributed by atoms with van der Waals surface area (Å²) in [6.45, 7) is 0. The number of nitrogens with zero attached hydrogens (tertiary/aromatic N) is 2. The molecule has 0 aliphatic heterocycles. The molecule has 7 heteroatoms. The molecule has 0 atom stereocenters. The Morgan fingerprint density at radius 3 is 1.43 bits per heavy atom. The third kappa shape index (κ3) is 2.82. The van der Waals surface area contributed by atoms with E-state index in [4.69, 9.17) is 0 Å². The first kappa shape index (κ1) is 14.9. The molecule has 1 heterocycles. The fourth-order valence-corrected chi connectivity index (χ4v) is 3.38. The third-order valence-corrected chi connectivity index (χ3v) is 4.49. The zero-order valence-electron chi connectivity index (χ0n) is 11.7.